The van der Waals surface area contributed by atoms with Gasteiger partial charge in [0.2, 0.25) is 0 Å². The number of carbonyl (C=O) groups excluding carboxylic acids is 1. The lowest BCUT2D eigenvalue weighted by Gasteiger charge is -2.05. The summed E-state index contributed by atoms with van der Waals surface area (Å²) < 4.78 is 0.988. The third-order valence-corrected chi connectivity index (χ3v) is 3.54. The first-order chi connectivity index (χ1) is 7.16. The Morgan fingerprint density at radius 2 is 2.27 bits per heavy atom. The summed E-state index contributed by atoms with van der Waals surface area (Å²) in [6.07, 6.45) is 2.52. The topological polar surface area (TPSA) is 29.1 Å². The molecule has 1 fully saturated rings. The fourth-order valence-electron chi connectivity index (χ4n) is 1.40. The zero-order valence-electron chi connectivity index (χ0n) is 8.72. The molecular formula is C12H14BrNO. The molecule has 0 spiro atoms. The predicted molar refractivity (Wildman–Crippen MR) is 63.9 cm³/mol. The maximum absolute atomic E-state index is 11.7. The SMILES string of the molecule is Cc1ccc(C(=O)NCC2CC2)cc1Br. The van der Waals surface area contributed by atoms with Gasteiger partial charge >= 0.3 is 0 Å². The van der Waals surface area contributed by atoms with E-state index in [1.165, 1.54) is 12.8 Å². The second-order valence-corrected chi connectivity index (χ2v) is 4.97. The summed E-state index contributed by atoms with van der Waals surface area (Å²) >= 11 is 3.43. The van der Waals surface area contributed by atoms with Crippen LogP contribution in [0.15, 0.2) is 22.7 Å². The lowest BCUT2D eigenvalue weighted by atomic mass is 10.1. The van der Waals surface area contributed by atoms with Crippen molar-refractivity contribution in [1.29, 1.82) is 0 Å². The Hall–Kier alpha value is -0.830. The molecular weight excluding hydrogens is 254 g/mol. The molecule has 1 amide bonds. The largest absolute Gasteiger partial charge is 0.352 e. The number of hydrogen-bond acceptors (Lipinski definition) is 1. The zero-order valence-corrected chi connectivity index (χ0v) is 10.3. The molecule has 1 N–H and O–H groups in total. The van der Waals surface area contributed by atoms with Crippen LogP contribution in [0.2, 0.25) is 0 Å². The van der Waals surface area contributed by atoms with Crippen molar-refractivity contribution in [1.82, 2.24) is 5.32 Å². The first kappa shape index (κ1) is 10.7. The molecule has 80 valence electrons. The summed E-state index contributed by atoms with van der Waals surface area (Å²) in [6, 6.07) is 5.69. The second-order valence-electron chi connectivity index (χ2n) is 4.12. The molecule has 1 aliphatic carbocycles. The van der Waals surface area contributed by atoms with E-state index >= 15 is 0 Å². The molecule has 1 aromatic carbocycles. The molecule has 1 aromatic rings. The molecule has 0 heterocycles. The van der Waals surface area contributed by atoms with E-state index in [4.69, 9.17) is 0 Å². The smallest absolute Gasteiger partial charge is 0.251 e. The molecule has 3 heteroatoms. The highest BCUT2D eigenvalue weighted by Gasteiger charge is 2.21. The summed E-state index contributed by atoms with van der Waals surface area (Å²) in [5, 5.41) is 2.95. The fraction of sp³-hybridized carbons (Fsp3) is 0.417. The number of carbonyl (C=O) groups is 1. The van der Waals surface area contributed by atoms with Crippen LogP contribution in [-0.4, -0.2) is 12.5 Å². The predicted octanol–water partition coefficient (Wildman–Crippen LogP) is 2.90. The zero-order chi connectivity index (χ0) is 10.8. The molecule has 0 bridgehead atoms. The van der Waals surface area contributed by atoms with Gasteiger partial charge in [-0.3, -0.25) is 4.79 Å². The van der Waals surface area contributed by atoms with Gasteiger partial charge in [-0.25, -0.2) is 0 Å². The van der Waals surface area contributed by atoms with E-state index < -0.39 is 0 Å². The lowest BCUT2D eigenvalue weighted by Crippen LogP contribution is -2.25. The van der Waals surface area contributed by atoms with Crippen LogP contribution >= 0.6 is 15.9 Å². The normalized spacial score (nSPS) is 15.1. The third kappa shape index (κ3) is 2.81. The van der Waals surface area contributed by atoms with E-state index in [1.807, 2.05) is 25.1 Å². The Bertz CT molecular complexity index is 385. The number of benzene rings is 1. The van der Waals surface area contributed by atoms with Crippen LogP contribution < -0.4 is 5.32 Å². The monoisotopic (exact) mass is 267 g/mol. The molecule has 2 nitrogen and oxygen atoms in total. The molecule has 0 aliphatic heterocycles. The molecule has 15 heavy (non-hydrogen) atoms. The summed E-state index contributed by atoms with van der Waals surface area (Å²) in [5.41, 5.74) is 1.88. The summed E-state index contributed by atoms with van der Waals surface area (Å²) in [5.74, 6) is 0.755. The van der Waals surface area contributed by atoms with Crippen molar-refractivity contribution < 1.29 is 4.79 Å². The van der Waals surface area contributed by atoms with Gasteiger partial charge in [-0.15, -0.1) is 0 Å². The molecule has 0 radical (unpaired) electrons. The minimum atomic E-state index is 0.0302. The fourth-order valence-corrected chi connectivity index (χ4v) is 1.77. The second kappa shape index (κ2) is 4.35. The number of aryl methyl sites for hydroxylation is 1. The van der Waals surface area contributed by atoms with Gasteiger partial charge < -0.3 is 5.32 Å². The first-order valence-corrected chi connectivity index (χ1v) is 6.00. The number of hydrogen-bond donors (Lipinski definition) is 1. The third-order valence-electron chi connectivity index (χ3n) is 2.68. The van der Waals surface area contributed by atoms with Gasteiger partial charge in [0.05, 0.1) is 0 Å². The quantitative estimate of drug-likeness (QED) is 0.897. The summed E-state index contributed by atoms with van der Waals surface area (Å²) in [6.45, 7) is 2.83. The molecule has 0 unspecified atom stereocenters. The van der Waals surface area contributed by atoms with E-state index in [9.17, 15) is 4.79 Å². The van der Waals surface area contributed by atoms with Crippen molar-refractivity contribution in [2.75, 3.05) is 6.54 Å². The van der Waals surface area contributed by atoms with Crippen molar-refractivity contribution in [2.45, 2.75) is 19.8 Å². The van der Waals surface area contributed by atoms with Gasteiger partial charge in [0.25, 0.3) is 5.91 Å². The first-order valence-electron chi connectivity index (χ1n) is 5.21. The highest BCUT2D eigenvalue weighted by atomic mass is 79.9. The van der Waals surface area contributed by atoms with E-state index in [0.29, 0.717) is 0 Å². The van der Waals surface area contributed by atoms with Gasteiger partial charge in [-0.05, 0) is 43.4 Å². The summed E-state index contributed by atoms with van der Waals surface area (Å²) in [7, 11) is 0. The van der Waals surface area contributed by atoms with Crippen LogP contribution in [0.25, 0.3) is 0 Å². The maximum Gasteiger partial charge on any atom is 0.251 e. The number of nitrogens with one attached hydrogen (secondary N) is 1. The van der Waals surface area contributed by atoms with Crippen LogP contribution in [0, 0.1) is 12.8 Å². The van der Waals surface area contributed by atoms with E-state index in [2.05, 4.69) is 21.2 Å². The van der Waals surface area contributed by atoms with Gasteiger partial charge in [-0.1, -0.05) is 22.0 Å². The Kier molecular flexibility index (Phi) is 3.10. The van der Waals surface area contributed by atoms with E-state index in [1.54, 1.807) is 0 Å². The van der Waals surface area contributed by atoms with Crippen molar-refractivity contribution in [2.24, 2.45) is 5.92 Å². The van der Waals surface area contributed by atoms with Gasteiger partial charge in [0.1, 0.15) is 0 Å². The standard InChI is InChI=1S/C12H14BrNO/c1-8-2-5-10(6-11(8)13)12(15)14-7-9-3-4-9/h2,5-6,9H,3-4,7H2,1H3,(H,14,15). The minimum absolute atomic E-state index is 0.0302. The molecule has 0 saturated heterocycles. The summed E-state index contributed by atoms with van der Waals surface area (Å²) in [4.78, 5) is 11.7. The van der Waals surface area contributed by atoms with Crippen molar-refractivity contribution in [3.63, 3.8) is 0 Å². The van der Waals surface area contributed by atoms with Crippen molar-refractivity contribution >= 4 is 21.8 Å². The average Bonchev–Trinajstić information content (AvgIpc) is 3.02. The highest BCUT2D eigenvalue weighted by molar-refractivity contribution is 9.10. The van der Waals surface area contributed by atoms with Crippen LogP contribution in [0.1, 0.15) is 28.8 Å². The average molecular weight is 268 g/mol. The van der Waals surface area contributed by atoms with Crippen molar-refractivity contribution in [3.8, 4) is 0 Å². The Balaban J connectivity index is 2.00. The number of rotatable bonds is 3. The lowest BCUT2D eigenvalue weighted by molar-refractivity contribution is 0.0952. The van der Waals surface area contributed by atoms with E-state index in [-0.39, 0.29) is 5.91 Å². The van der Waals surface area contributed by atoms with E-state index in [0.717, 1.165) is 28.1 Å². The molecule has 1 aliphatic rings. The van der Waals surface area contributed by atoms with Gasteiger partial charge in [-0.2, -0.15) is 0 Å². The van der Waals surface area contributed by atoms with Crippen LogP contribution in [0.3, 0.4) is 0 Å². The molecule has 2 rings (SSSR count). The highest BCUT2D eigenvalue weighted by Crippen LogP contribution is 2.27. The van der Waals surface area contributed by atoms with Crippen LogP contribution in [0.4, 0.5) is 0 Å². The maximum atomic E-state index is 11.7. The molecule has 1 saturated carbocycles. The van der Waals surface area contributed by atoms with Crippen LogP contribution in [0.5, 0.6) is 0 Å². The number of amides is 1. The van der Waals surface area contributed by atoms with Gasteiger partial charge in [0, 0.05) is 16.6 Å². The molecule has 0 aromatic heterocycles. The number of halogens is 1. The Labute approximate surface area is 98.2 Å². The van der Waals surface area contributed by atoms with Crippen molar-refractivity contribution in [3.05, 3.63) is 33.8 Å². The van der Waals surface area contributed by atoms with Gasteiger partial charge in [0.15, 0.2) is 0 Å². The Morgan fingerprint density at radius 1 is 1.53 bits per heavy atom. The Morgan fingerprint density at radius 3 is 2.87 bits per heavy atom. The molecule has 0 atom stereocenters. The minimum Gasteiger partial charge on any atom is -0.352 e. The van der Waals surface area contributed by atoms with Crippen LogP contribution in [-0.2, 0) is 0 Å².